The van der Waals surface area contributed by atoms with Crippen LogP contribution in [0.1, 0.15) is 40.5 Å². The van der Waals surface area contributed by atoms with Gasteiger partial charge in [-0.2, -0.15) is 0 Å². The lowest BCUT2D eigenvalue weighted by molar-refractivity contribution is -0.120. The number of carbonyl (C=O) groups is 2. The molecule has 1 heterocycles. The molecule has 0 atom stereocenters. The van der Waals surface area contributed by atoms with Crippen LogP contribution < -0.4 is 9.47 Å². The van der Waals surface area contributed by atoms with Gasteiger partial charge in [0.15, 0.2) is 17.3 Å². The smallest absolute Gasteiger partial charge is 0.339 e. The Morgan fingerprint density at radius 2 is 1.81 bits per heavy atom. The summed E-state index contributed by atoms with van der Waals surface area (Å²) in [6.07, 6.45) is 3.48. The van der Waals surface area contributed by atoms with E-state index in [2.05, 4.69) is 6.08 Å². The van der Waals surface area contributed by atoms with Crippen LogP contribution in [0.3, 0.4) is 0 Å². The molecule has 0 radical (unpaired) electrons. The molecule has 6 heteroatoms. The van der Waals surface area contributed by atoms with Gasteiger partial charge in [-0.1, -0.05) is 24.3 Å². The van der Waals surface area contributed by atoms with Gasteiger partial charge in [0.1, 0.15) is 6.61 Å². The van der Waals surface area contributed by atoms with E-state index in [1.165, 1.54) is 6.92 Å². The third kappa shape index (κ3) is 4.01. The van der Waals surface area contributed by atoms with Crippen molar-refractivity contribution >= 4 is 34.3 Å². The average Bonchev–Trinajstić information content (AvgIpc) is 3.17. The third-order valence-corrected chi connectivity index (χ3v) is 5.30. The maximum atomic E-state index is 12.9. The molecule has 1 aliphatic carbocycles. The number of esters is 1. The van der Waals surface area contributed by atoms with Crippen LogP contribution in [0.25, 0.3) is 22.6 Å². The lowest BCUT2D eigenvalue weighted by Crippen LogP contribution is -2.14. The van der Waals surface area contributed by atoms with Crippen molar-refractivity contribution in [3.8, 4) is 11.5 Å². The van der Waals surface area contributed by atoms with Crippen LogP contribution in [0, 0.1) is 0 Å². The first-order valence-corrected chi connectivity index (χ1v) is 10.0. The van der Waals surface area contributed by atoms with E-state index in [0.29, 0.717) is 23.5 Å². The molecule has 1 aliphatic rings. The van der Waals surface area contributed by atoms with Crippen molar-refractivity contribution in [2.75, 3.05) is 20.8 Å². The molecule has 0 aliphatic heterocycles. The predicted molar refractivity (Wildman–Crippen MR) is 118 cm³/mol. The molecule has 4 rings (SSSR count). The number of hydrogen-bond donors (Lipinski definition) is 0. The van der Waals surface area contributed by atoms with E-state index < -0.39 is 5.97 Å². The Labute approximate surface area is 180 Å². The van der Waals surface area contributed by atoms with E-state index in [1.54, 1.807) is 14.2 Å². The molecule has 6 nitrogen and oxygen atoms in total. The zero-order chi connectivity index (χ0) is 22.0. The Balaban J connectivity index is 1.81. The summed E-state index contributed by atoms with van der Waals surface area (Å²) in [5.41, 5.74) is 4.86. The molecular formula is C25H23NO5. The van der Waals surface area contributed by atoms with Crippen molar-refractivity contribution in [3.63, 3.8) is 0 Å². The zero-order valence-corrected chi connectivity index (χ0v) is 17.7. The van der Waals surface area contributed by atoms with Crippen LogP contribution in [0.15, 0.2) is 42.5 Å². The number of nitrogens with zero attached hydrogens (tertiary/aromatic N) is 1. The summed E-state index contributed by atoms with van der Waals surface area (Å²) >= 11 is 0. The Kier molecular flexibility index (Phi) is 5.71. The number of aromatic nitrogens is 1. The first kappa shape index (κ1) is 20.6. The van der Waals surface area contributed by atoms with Crippen LogP contribution in [-0.2, 0) is 16.0 Å². The highest BCUT2D eigenvalue weighted by molar-refractivity contribution is 6.07. The van der Waals surface area contributed by atoms with Gasteiger partial charge in [-0.05, 0) is 60.7 Å². The topological polar surface area (TPSA) is 74.7 Å². The SMILES string of the molecule is COc1ccc(C=C2CCc3c2nc2ccccc2c3C(=O)OCC(C)=O)cc1OC. The molecule has 0 bridgehead atoms. The van der Waals surface area contributed by atoms with Crippen molar-refractivity contribution in [2.24, 2.45) is 0 Å². The quantitative estimate of drug-likeness (QED) is 0.551. The number of Topliss-reactive ketones (excluding diaryl/α,β-unsaturated/α-hetero) is 1. The fraction of sp³-hybridized carbons (Fsp3) is 0.240. The van der Waals surface area contributed by atoms with Crippen molar-refractivity contribution in [2.45, 2.75) is 19.8 Å². The summed E-state index contributed by atoms with van der Waals surface area (Å²) in [6, 6.07) is 13.2. The van der Waals surface area contributed by atoms with Gasteiger partial charge >= 0.3 is 5.97 Å². The van der Waals surface area contributed by atoms with Crippen molar-refractivity contribution in [3.05, 3.63) is 64.8 Å². The summed E-state index contributed by atoms with van der Waals surface area (Å²) in [6.45, 7) is 1.16. The maximum absolute atomic E-state index is 12.9. The summed E-state index contributed by atoms with van der Waals surface area (Å²) < 4.78 is 16.0. The minimum absolute atomic E-state index is 0.197. The normalized spacial score (nSPS) is 13.8. The van der Waals surface area contributed by atoms with Crippen molar-refractivity contribution in [1.82, 2.24) is 4.98 Å². The first-order valence-electron chi connectivity index (χ1n) is 10.0. The highest BCUT2D eigenvalue weighted by atomic mass is 16.5. The van der Waals surface area contributed by atoms with Gasteiger partial charge < -0.3 is 14.2 Å². The summed E-state index contributed by atoms with van der Waals surface area (Å²) in [7, 11) is 3.21. The molecule has 0 N–H and O–H groups in total. The first-order chi connectivity index (χ1) is 15.0. The van der Waals surface area contributed by atoms with Gasteiger partial charge in [0.25, 0.3) is 0 Å². The number of hydrogen-bond acceptors (Lipinski definition) is 6. The third-order valence-electron chi connectivity index (χ3n) is 5.30. The van der Waals surface area contributed by atoms with Gasteiger partial charge in [-0.25, -0.2) is 9.78 Å². The van der Waals surface area contributed by atoms with Gasteiger partial charge in [0, 0.05) is 5.39 Å². The predicted octanol–water partition coefficient (Wildman–Crippen LogP) is 4.48. The Bertz CT molecular complexity index is 1210. The molecule has 0 amide bonds. The molecule has 1 aromatic heterocycles. The number of fused-ring (bicyclic) bond motifs is 2. The van der Waals surface area contributed by atoms with Gasteiger partial charge in [0.05, 0.1) is 31.0 Å². The second-order valence-corrected chi connectivity index (χ2v) is 7.39. The molecular weight excluding hydrogens is 394 g/mol. The number of methoxy groups -OCH3 is 2. The monoisotopic (exact) mass is 417 g/mol. The molecule has 0 spiro atoms. The number of pyridine rings is 1. The van der Waals surface area contributed by atoms with E-state index >= 15 is 0 Å². The van der Waals surface area contributed by atoms with E-state index in [-0.39, 0.29) is 12.4 Å². The van der Waals surface area contributed by atoms with Gasteiger partial charge in [-0.3, -0.25) is 4.79 Å². The maximum Gasteiger partial charge on any atom is 0.339 e. The average molecular weight is 417 g/mol. The molecule has 158 valence electrons. The van der Waals surface area contributed by atoms with Crippen molar-refractivity contribution < 1.29 is 23.8 Å². The molecule has 0 saturated carbocycles. The Morgan fingerprint density at radius 3 is 2.55 bits per heavy atom. The number of rotatable bonds is 6. The van der Waals surface area contributed by atoms with E-state index in [4.69, 9.17) is 19.2 Å². The summed E-state index contributed by atoms with van der Waals surface area (Å²) in [5, 5.41) is 0.738. The van der Waals surface area contributed by atoms with Crippen molar-refractivity contribution in [1.29, 1.82) is 0 Å². The highest BCUT2D eigenvalue weighted by Gasteiger charge is 2.27. The summed E-state index contributed by atoms with van der Waals surface area (Å²) in [5.74, 6) is 0.626. The van der Waals surface area contributed by atoms with E-state index in [1.807, 2.05) is 42.5 Å². The Morgan fingerprint density at radius 1 is 1.03 bits per heavy atom. The van der Waals surface area contributed by atoms with Gasteiger partial charge in [-0.15, -0.1) is 0 Å². The number of ether oxygens (including phenoxy) is 3. The number of carbonyl (C=O) groups excluding carboxylic acids is 2. The number of allylic oxidation sites excluding steroid dienone is 1. The van der Waals surface area contributed by atoms with Crippen LogP contribution >= 0.6 is 0 Å². The lowest BCUT2D eigenvalue weighted by Gasteiger charge is -2.12. The highest BCUT2D eigenvalue weighted by Crippen LogP contribution is 2.38. The van der Waals surface area contributed by atoms with E-state index in [9.17, 15) is 9.59 Å². The second-order valence-electron chi connectivity index (χ2n) is 7.39. The lowest BCUT2D eigenvalue weighted by atomic mass is 10.0. The zero-order valence-electron chi connectivity index (χ0n) is 17.7. The Hall–Kier alpha value is -3.67. The standard InChI is InChI=1S/C25H23NO5/c1-15(27)14-31-25(28)23-18-6-4-5-7-20(18)26-24-17(9-10-19(23)24)12-16-8-11-21(29-2)22(13-16)30-3/h4-8,11-13H,9-10,14H2,1-3H3. The fourth-order valence-electron chi connectivity index (χ4n) is 3.90. The summed E-state index contributed by atoms with van der Waals surface area (Å²) in [4.78, 5) is 29.1. The fourth-order valence-corrected chi connectivity index (χ4v) is 3.90. The molecule has 0 fully saturated rings. The number of ketones is 1. The molecule has 3 aromatic rings. The van der Waals surface area contributed by atoms with Crippen LogP contribution in [-0.4, -0.2) is 37.6 Å². The van der Waals surface area contributed by atoms with Crippen LogP contribution in [0.4, 0.5) is 0 Å². The van der Waals surface area contributed by atoms with E-state index in [0.717, 1.165) is 39.7 Å². The molecule has 0 saturated heterocycles. The minimum Gasteiger partial charge on any atom is -0.493 e. The second kappa shape index (κ2) is 8.60. The van der Waals surface area contributed by atoms with Crippen LogP contribution in [0.5, 0.6) is 11.5 Å². The molecule has 0 unspecified atom stereocenters. The molecule has 2 aromatic carbocycles. The molecule has 31 heavy (non-hydrogen) atoms. The van der Waals surface area contributed by atoms with Crippen LogP contribution in [0.2, 0.25) is 0 Å². The number of benzene rings is 2. The van der Waals surface area contributed by atoms with Gasteiger partial charge in [0.2, 0.25) is 0 Å². The number of para-hydroxylation sites is 1. The largest absolute Gasteiger partial charge is 0.493 e. The minimum atomic E-state index is -0.489.